The number of hydrogen-bond acceptors (Lipinski definition) is 2. The van der Waals surface area contributed by atoms with Gasteiger partial charge in [-0.25, -0.2) is 4.79 Å². The molecule has 1 atom stereocenters. The van der Waals surface area contributed by atoms with Crippen LogP contribution in [0.4, 0.5) is 4.79 Å². The molecule has 2 N–H and O–H groups in total. The first-order valence-corrected chi connectivity index (χ1v) is 7.46. The fourth-order valence-electron chi connectivity index (χ4n) is 3.20. The van der Waals surface area contributed by atoms with E-state index in [1.807, 2.05) is 6.07 Å². The molecule has 1 fully saturated rings. The molecule has 0 radical (unpaired) electrons. The molecule has 1 aliphatic carbocycles. The van der Waals surface area contributed by atoms with Gasteiger partial charge in [-0.15, -0.1) is 0 Å². The maximum Gasteiger partial charge on any atom is 0.317 e. The van der Waals surface area contributed by atoms with Crippen molar-refractivity contribution in [2.45, 2.75) is 31.7 Å². The summed E-state index contributed by atoms with van der Waals surface area (Å²) in [6.45, 7) is 1.11. The molecule has 2 aliphatic rings. The van der Waals surface area contributed by atoms with Gasteiger partial charge in [0.05, 0.1) is 6.42 Å². The molecule has 112 valence electrons. The van der Waals surface area contributed by atoms with Crippen LogP contribution in [0.25, 0.3) is 0 Å². The second-order valence-corrected chi connectivity index (χ2v) is 6.03. The lowest BCUT2D eigenvalue weighted by atomic mass is 9.88. The fraction of sp³-hybridized carbons (Fsp3) is 0.500. The number of amides is 2. The molecule has 1 heterocycles. The Hall–Kier alpha value is -2.04. The maximum atomic E-state index is 12.1. The van der Waals surface area contributed by atoms with Crippen LogP contribution in [0.5, 0.6) is 0 Å². The number of nitrogens with zero attached hydrogens (tertiary/aromatic N) is 1. The first kappa shape index (κ1) is 13.9. The van der Waals surface area contributed by atoms with E-state index >= 15 is 0 Å². The first-order chi connectivity index (χ1) is 10.1. The monoisotopic (exact) mass is 288 g/mol. The molecule has 1 aromatic rings. The average Bonchev–Trinajstić information content (AvgIpc) is 2.42. The zero-order valence-corrected chi connectivity index (χ0v) is 11.9. The molecular weight excluding hydrogens is 268 g/mol. The standard InChI is InChI=1S/C16H20N2O3/c19-15(20)7-11-9-18(10-11)16(21)17-14-6-5-12-3-1-2-4-13(12)8-14/h1-4,11,14H,5-10H2,(H,17,21)(H,19,20). The second kappa shape index (κ2) is 5.76. The van der Waals surface area contributed by atoms with Crippen LogP contribution in [-0.4, -0.2) is 41.1 Å². The lowest BCUT2D eigenvalue weighted by Gasteiger charge is -2.39. The number of aryl methyl sites for hydroxylation is 1. The highest BCUT2D eigenvalue weighted by molar-refractivity contribution is 5.76. The Balaban J connectivity index is 1.48. The number of carbonyl (C=O) groups is 2. The van der Waals surface area contributed by atoms with Crippen LogP contribution in [0.3, 0.4) is 0 Å². The van der Waals surface area contributed by atoms with Gasteiger partial charge >= 0.3 is 12.0 Å². The van der Waals surface area contributed by atoms with E-state index in [2.05, 4.69) is 23.5 Å². The van der Waals surface area contributed by atoms with Crippen LogP contribution in [0.1, 0.15) is 24.0 Å². The van der Waals surface area contributed by atoms with Gasteiger partial charge in [0, 0.05) is 25.0 Å². The number of hydrogen-bond donors (Lipinski definition) is 2. The van der Waals surface area contributed by atoms with E-state index in [0.29, 0.717) is 13.1 Å². The van der Waals surface area contributed by atoms with Crippen LogP contribution in [0.2, 0.25) is 0 Å². The molecule has 0 saturated carbocycles. The highest BCUT2D eigenvalue weighted by Crippen LogP contribution is 2.23. The van der Waals surface area contributed by atoms with E-state index in [-0.39, 0.29) is 24.4 Å². The zero-order chi connectivity index (χ0) is 14.8. The predicted molar refractivity (Wildman–Crippen MR) is 78.1 cm³/mol. The predicted octanol–water partition coefficient (Wildman–Crippen LogP) is 1.66. The maximum absolute atomic E-state index is 12.1. The summed E-state index contributed by atoms with van der Waals surface area (Å²) >= 11 is 0. The topological polar surface area (TPSA) is 69.6 Å². The first-order valence-electron chi connectivity index (χ1n) is 7.46. The number of aliphatic carboxylic acids is 1. The van der Waals surface area contributed by atoms with Crippen molar-refractivity contribution in [1.29, 1.82) is 0 Å². The van der Waals surface area contributed by atoms with Gasteiger partial charge in [0.1, 0.15) is 0 Å². The molecular formula is C16H20N2O3. The summed E-state index contributed by atoms with van der Waals surface area (Å²) in [6, 6.07) is 8.50. The number of carbonyl (C=O) groups excluding carboxylic acids is 1. The second-order valence-electron chi connectivity index (χ2n) is 6.03. The molecule has 1 saturated heterocycles. The van der Waals surface area contributed by atoms with Crippen LogP contribution in [0.15, 0.2) is 24.3 Å². The third kappa shape index (κ3) is 3.17. The zero-order valence-electron chi connectivity index (χ0n) is 11.9. The molecule has 3 rings (SSSR count). The lowest BCUT2D eigenvalue weighted by molar-refractivity contribution is -0.139. The Morgan fingerprint density at radius 3 is 2.67 bits per heavy atom. The molecule has 0 bridgehead atoms. The Labute approximate surface area is 123 Å². The molecule has 21 heavy (non-hydrogen) atoms. The number of carboxylic acid groups (broad SMARTS) is 1. The highest BCUT2D eigenvalue weighted by atomic mass is 16.4. The van der Waals surface area contributed by atoms with Crippen molar-refractivity contribution in [2.24, 2.45) is 5.92 Å². The Morgan fingerprint density at radius 1 is 1.24 bits per heavy atom. The number of fused-ring (bicyclic) bond motifs is 1. The van der Waals surface area contributed by atoms with Crippen molar-refractivity contribution < 1.29 is 14.7 Å². The highest BCUT2D eigenvalue weighted by Gasteiger charge is 2.33. The number of nitrogens with one attached hydrogen (secondary N) is 1. The summed E-state index contributed by atoms with van der Waals surface area (Å²) in [5.41, 5.74) is 2.70. The van der Waals surface area contributed by atoms with Crippen LogP contribution in [-0.2, 0) is 17.6 Å². The minimum absolute atomic E-state index is 0.0546. The molecule has 2 amide bonds. The van der Waals surface area contributed by atoms with Gasteiger partial charge in [-0.1, -0.05) is 24.3 Å². The van der Waals surface area contributed by atoms with Crippen LogP contribution < -0.4 is 5.32 Å². The van der Waals surface area contributed by atoms with Crippen LogP contribution >= 0.6 is 0 Å². The number of carboxylic acids is 1. The van der Waals surface area contributed by atoms with E-state index in [1.54, 1.807) is 4.90 Å². The third-order valence-corrected chi connectivity index (χ3v) is 4.38. The van der Waals surface area contributed by atoms with Crippen LogP contribution in [0, 0.1) is 5.92 Å². The number of rotatable bonds is 3. The van der Waals surface area contributed by atoms with E-state index < -0.39 is 5.97 Å². The summed E-state index contributed by atoms with van der Waals surface area (Å²) in [6.07, 6.45) is 3.01. The van der Waals surface area contributed by atoms with Crippen molar-refractivity contribution in [2.75, 3.05) is 13.1 Å². The van der Waals surface area contributed by atoms with Gasteiger partial charge in [-0.2, -0.15) is 0 Å². The molecule has 0 spiro atoms. The van der Waals surface area contributed by atoms with E-state index in [0.717, 1.165) is 19.3 Å². The van der Waals surface area contributed by atoms with E-state index in [9.17, 15) is 9.59 Å². The SMILES string of the molecule is O=C(O)CC1CN(C(=O)NC2CCc3ccccc3C2)C1. The average molecular weight is 288 g/mol. The third-order valence-electron chi connectivity index (χ3n) is 4.38. The minimum atomic E-state index is -0.788. The normalized spacial score (nSPS) is 21.3. The largest absolute Gasteiger partial charge is 0.481 e. The van der Waals surface area contributed by atoms with E-state index in [4.69, 9.17) is 5.11 Å². The summed E-state index contributed by atoms with van der Waals surface area (Å²) in [4.78, 5) is 24.4. The molecule has 1 aliphatic heterocycles. The van der Waals surface area contributed by atoms with Crippen molar-refractivity contribution in [1.82, 2.24) is 10.2 Å². The summed E-state index contributed by atoms with van der Waals surface area (Å²) in [7, 11) is 0. The fourth-order valence-corrected chi connectivity index (χ4v) is 3.20. The quantitative estimate of drug-likeness (QED) is 0.888. The lowest BCUT2D eigenvalue weighted by Crippen LogP contribution is -2.56. The number of likely N-dealkylation sites (tertiary alicyclic amines) is 1. The molecule has 5 nitrogen and oxygen atoms in total. The van der Waals surface area contributed by atoms with Crippen molar-refractivity contribution in [3.05, 3.63) is 35.4 Å². The van der Waals surface area contributed by atoms with Gasteiger partial charge < -0.3 is 15.3 Å². The summed E-state index contributed by atoms with van der Waals surface area (Å²) in [5, 5.41) is 11.8. The number of urea groups is 1. The van der Waals surface area contributed by atoms with Gasteiger partial charge in [0.15, 0.2) is 0 Å². The Morgan fingerprint density at radius 2 is 1.95 bits per heavy atom. The van der Waals surface area contributed by atoms with Crippen molar-refractivity contribution >= 4 is 12.0 Å². The Kier molecular flexibility index (Phi) is 3.82. The Bertz CT molecular complexity index is 552. The summed E-state index contributed by atoms with van der Waals surface area (Å²) < 4.78 is 0. The number of benzene rings is 1. The van der Waals surface area contributed by atoms with Gasteiger partial charge in [0.25, 0.3) is 0 Å². The summed E-state index contributed by atoms with van der Waals surface area (Å²) in [5.74, 6) is -0.677. The van der Waals surface area contributed by atoms with Gasteiger partial charge in [0.2, 0.25) is 0 Å². The van der Waals surface area contributed by atoms with Crippen molar-refractivity contribution in [3.63, 3.8) is 0 Å². The molecule has 1 aromatic carbocycles. The minimum Gasteiger partial charge on any atom is -0.481 e. The van der Waals surface area contributed by atoms with Gasteiger partial charge in [-0.3, -0.25) is 4.79 Å². The van der Waals surface area contributed by atoms with E-state index in [1.165, 1.54) is 11.1 Å². The smallest absolute Gasteiger partial charge is 0.317 e. The molecule has 0 aromatic heterocycles. The molecule has 1 unspecified atom stereocenters. The van der Waals surface area contributed by atoms with Crippen molar-refractivity contribution in [3.8, 4) is 0 Å². The molecule has 5 heteroatoms. The van der Waals surface area contributed by atoms with Gasteiger partial charge in [-0.05, 0) is 30.4 Å².